The third-order valence-electron chi connectivity index (χ3n) is 3.03. The molecule has 96 valence electrons. The minimum Gasteiger partial charge on any atom is -0.326 e. The second kappa shape index (κ2) is 6.42. The Labute approximate surface area is 118 Å². The van der Waals surface area contributed by atoms with Crippen LogP contribution in [0.4, 0.5) is 0 Å². The van der Waals surface area contributed by atoms with E-state index in [0.717, 1.165) is 16.9 Å². The lowest BCUT2D eigenvalue weighted by atomic mass is 10.1. The van der Waals surface area contributed by atoms with E-state index in [4.69, 9.17) is 11.0 Å². The highest BCUT2D eigenvalue weighted by Gasteiger charge is 2.01. The van der Waals surface area contributed by atoms with Gasteiger partial charge < -0.3 is 5.73 Å². The monoisotopic (exact) mass is 268 g/mol. The maximum Gasteiger partial charge on any atom is 0.0991 e. The molecule has 0 spiro atoms. The first-order valence-electron chi connectivity index (χ1n) is 6.14. The lowest BCUT2D eigenvalue weighted by Crippen LogP contribution is -1.95. The quantitative estimate of drug-likeness (QED) is 0.862. The fraction of sp³-hybridized carbons (Fsp3) is 0.188. The van der Waals surface area contributed by atoms with Crippen molar-refractivity contribution >= 4 is 11.8 Å². The molecule has 2 rings (SSSR count). The van der Waals surface area contributed by atoms with E-state index >= 15 is 0 Å². The van der Waals surface area contributed by atoms with E-state index in [1.165, 1.54) is 16.0 Å². The van der Waals surface area contributed by atoms with E-state index in [-0.39, 0.29) is 0 Å². The Morgan fingerprint density at radius 2 is 1.89 bits per heavy atom. The second-order valence-electron chi connectivity index (χ2n) is 4.39. The van der Waals surface area contributed by atoms with Gasteiger partial charge in [0.2, 0.25) is 0 Å². The molecule has 0 heterocycles. The summed E-state index contributed by atoms with van der Waals surface area (Å²) in [5.41, 5.74) is 9.89. The van der Waals surface area contributed by atoms with Gasteiger partial charge in [0.25, 0.3) is 0 Å². The van der Waals surface area contributed by atoms with Crippen molar-refractivity contribution in [1.82, 2.24) is 0 Å². The molecule has 0 aliphatic rings. The molecule has 2 aromatic carbocycles. The summed E-state index contributed by atoms with van der Waals surface area (Å²) in [6, 6.07) is 16.3. The summed E-state index contributed by atoms with van der Waals surface area (Å²) in [4.78, 5) is 1.24. The van der Waals surface area contributed by atoms with Gasteiger partial charge in [0.05, 0.1) is 11.6 Å². The van der Waals surface area contributed by atoms with Gasteiger partial charge in [0, 0.05) is 17.2 Å². The number of thioether (sulfide) groups is 1. The zero-order chi connectivity index (χ0) is 13.7. The number of nitriles is 1. The van der Waals surface area contributed by atoms with Crippen molar-refractivity contribution in [1.29, 1.82) is 5.26 Å². The maximum absolute atomic E-state index is 8.84. The average molecular weight is 268 g/mol. The molecule has 2 aromatic rings. The summed E-state index contributed by atoms with van der Waals surface area (Å²) in [5, 5.41) is 8.84. The molecule has 3 heteroatoms. The molecular weight excluding hydrogens is 252 g/mol. The van der Waals surface area contributed by atoms with Crippen molar-refractivity contribution in [3.05, 3.63) is 64.7 Å². The Balaban J connectivity index is 2.04. The van der Waals surface area contributed by atoms with Crippen molar-refractivity contribution in [3.63, 3.8) is 0 Å². The lowest BCUT2D eigenvalue weighted by molar-refractivity contribution is 1.07. The third-order valence-corrected chi connectivity index (χ3v) is 4.09. The van der Waals surface area contributed by atoms with Crippen LogP contribution in [0.15, 0.2) is 47.4 Å². The Morgan fingerprint density at radius 1 is 1.16 bits per heavy atom. The van der Waals surface area contributed by atoms with Crippen LogP contribution < -0.4 is 5.73 Å². The summed E-state index contributed by atoms with van der Waals surface area (Å²) >= 11 is 1.80. The van der Waals surface area contributed by atoms with Gasteiger partial charge in [0.1, 0.15) is 0 Å². The number of aryl methyl sites for hydroxylation is 1. The van der Waals surface area contributed by atoms with Gasteiger partial charge in [-0.25, -0.2) is 0 Å². The van der Waals surface area contributed by atoms with E-state index in [1.54, 1.807) is 11.8 Å². The molecule has 0 fully saturated rings. The predicted molar refractivity (Wildman–Crippen MR) is 79.8 cm³/mol. The van der Waals surface area contributed by atoms with Crippen molar-refractivity contribution in [2.75, 3.05) is 0 Å². The van der Waals surface area contributed by atoms with Crippen LogP contribution in [-0.2, 0) is 12.3 Å². The molecule has 0 aliphatic carbocycles. The number of nitrogens with two attached hydrogens (primary N) is 1. The normalized spacial score (nSPS) is 10.2. The van der Waals surface area contributed by atoms with Crippen LogP contribution in [-0.4, -0.2) is 0 Å². The molecule has 0 saturated heterocycles. The van der Waals surface area contributed by atoms with Gasteiger partial charge in [-0.1, -0.05) is 18.2 Å². The van der Waals surface area contributed by atoms with Gasteiger partial charge >= 0.3 is 0 Å². The van der Waals surface area contributed by atoms with Crippen molar-refractivity contribution in [3.8, 4) is 6.07 Å². The molecular formula is C16H16N2S. The SMILES string of the molecule is Cc1cc(C#N)ccc1CSc1ccc(CN)cc1. The number of hydrogen-bond acceptors (Lipinski definition) is 3. The fourth-order valence-corrected chi connectivity index (χ4v) is 2.78. The molecule has 19 heavy (non-hydrogen) atoms. The topological polar surface area (TPSA) is 49.8 Å². The molecule has 0 amide bonds. The first-order chi connectivity index (χ1) is 9.22. The molecule has 0 unspecified atom stereocenters. The average Bonchev–Trinajstić information content (AvgIpc) is 2.46. The first kappa shape index (κ1) is 13.7. The molecule has 0 aliphatic heterocycles. The van der Waals surface area contributed by atoms with Crippen molar-refractivity contribution in [2.24, 2.45) is 5.73 Å². The third kappa shape index (κ3) is 3.60. The minimum atomic E-state index is 0.583. The lowest BCUT2D eigenvalue weighted by Gasteiger charge is -2.06. The summed E-state index contributed by atoms with van der Waals surface area (Å²) in [6.07, 6.45) is 0. The number of nitrogens with zero attached hydrogens (tertiary/aromatic N) is 1. The molecule has 0 bridgehead atoms. The van der Waals surface area contributed by atoms with Crippen molar-refractivity contribution < 1.29 is 0 Å². The van der Waals surface area contributed by atoms with E-state index < -0.39 is 0 Å². The van der Waals surface area contributed by atoms with Crippen LogP contribution in [0.3, 0.4) is 0 Å². The predicted octanol–water partition coefficient (Wildman–Crippen LogP) is 3.62. The molecule has 2 N–H and O–H groups in total. The summed E-state index contributed by atoms with van der Waals surface area (Å²) in [7, 11) is 0. The molecule has 2 nitrogen and oxygen atoms in total. The van der Waals surface area contributed by atoms with Gasteiger partial charge in [-0.15, -0.1) is 11.8 Å². The van der Waals surface area contributed by atoms with E-state index in [1.807, 2.05) is 25.1 Å². The standard InChI is InChI=1S/C16H16N2S/c1-12-8-14(10-18)2-5-15(12)11-19-16-6-3-13(9-17)4-7-16/h2-8H,9,11,17H2,1H3. The summed E-state index contributed by atoms with van der Waals surface area (Å²) in [6.45, 7) is 2.63. The van der Waals surface area contributed by atoms with Crippen molar-refractivity contribution in [2.45, 2.75) is 24.1 Å². The Hall–Kier alpha value is -1.76. The highest BCUT2D eigenvalue weighted by molar-refractivity contribution is 7.98. The number of benzene rings is 2. The molecule has 0 atom stereocenters. The largest absolute Gasteiger partial charge is 0.326 e. The van der Waals surface area contributed by atoms with Gasteiger partial charge in [-0.2, -0.15) is 5.26 Å². The zero-order valence-electron chi connectivity index (χ0n) is 10.9. The Kier molecular flexibility index (Phi) is 4.62. The molecule has 0 radical (unpaired) electrons. The van der Waals surface area contributed by atoms with Crippen LogP contribution in [0, 0.1) is 18.3 Å². The van der Waals surface area contributed by atoms with Crippen LogP contribution in [0.5, 0.6) is 0 Å². The van der Waals surface area contributed by atoms with E-state index in [0.29, 0.717) is 6.54 Å². The fourth-order valence-electron chi connectivity index (χ4n) is 1.81. The van der Waals surface area contributed by atoms with Crippen LogP contribution in [0.25, 0.3) is 0 Å². The first-order valence-corrected chi connectivity index (χ1v) is 7.13. The Morgan fingerprint density at radius 3 is 2.47 bits per heavy atom. The molecule has 0 saturated carbocycles. The molecule has 0 aromatic heterocycles. The van der Waals surface area contributed by atoms with Crippen LogP contribution >= 0.6 is 11.8 Å². The minimum absolute atomic E-state index is 0.583. The van der Waals surface area contributed by atoms with E-state index in [2.05, 4.69) is 30.3 Å². The highest BCUT2D eigenvalue weighted by atomic mass is 32.2. The Bertz CT molecular complexity index is 597. The highest BCUT2D eigenvalue weighted by Crippen LogP contribution is 2.25. The summed E-state index contributed by atoms with van der Waals surface area (Å²) < 4.78 is 0. The second-order valence-corrected chi connectivity index (χ2v) is 5.44. The van der Waals surface area contributed by atoms with E-state index in [9.17, 15) is 0 Å². The number of rotatable bonds is 4. The van der Waals surface area contributed by atoms with Gasteiger partial charge in [-0.05, 0) is 47.9 Å². The van der Waals surface area contributed by atoms with Crippen LogP contribution in [0.2, 0.25) is 0 Å². The summed E-state index contributed by atoms with van der Waals surface area (Å²) in [5.74, 6) is 0.916. The van der Waals surface area contributed by atoms with Crippen LogP contribution in [0.1, 0.15) is 22.3 Å². The van der Waals surface area contributed by atoms with Gasteiger partial charge in [0.15, 0.2) is 0 Å². The smallest absolute Gasteiger partial charge is 0.0991 e. The zero-order valence-corrected chi connectivity index (χ0v) is 11.7. The van der Waals surface area contributed by atoms with Gasteiger partial charge in [-0.3, -0.25) is 0 Å². The number of hydrogen-bond donors (Lipinski definition) is 1. The maximum atomic E-state index is 8.84.